The van der Waals surface area contributed by atoms with Gasteiger partial charge in [0.2, 0.25) is 0 Å². The van der Waals surface area contributed by atoms with Crippen molar-refractivity contribution in [2.75, 3.05) is 13.1 Å². The molecule has 0 aliphatic carbocycles. The smallest absolute Gasteiger partial charge is 0.352 e. The largest absolute Gasteiger partial charge is 0.435 e. The molecular formula is C23H22ClF3N4O2. The summed E-state index contributed by atoms with van der Waals surface area (Å²) in [6.45, 7) is 2.54. The lowest BCUT2D eigenvalue weighted by molar-refractivity contribution is -0.141. The number of aldehydes is 1. The topological polar surface area (TPSA) is 76.0 Å². The van der Waals surface area contributed by atoms with Crippen LogP contribution in [0.3, 0.4) is 0 Å². The minimum Gasteiger partial charge on any atom is -0.352 e. The first kappa shape index (κ1) is 24.5. The molecule has 2 N–H and O–H groups in total. The zero-order valence-electron chi connectivity index (χ0n) is 17.7. The standard InChI is InChI=1S/C23H22ClF3N4O2/c1-2-29-22(33)16-8-6-15(7-9-16)17(14-32)12-28-13-20-11-21(23(25,26)27)30-31(20)19-5-3-4-18(24)10-19/h3-11,14,17,28H,2,12-13H2,1H3,(H,29,33). The molecule has 0 aliphatic rings. The fourth-order valence-corrected chi connectivity index (χ4v) is 3.44. The Bertz CT molecular complexity index is 1110. The summed E-state index contributed by atoms with van der Waals surface area (Å²) in [6.07, 6.45) is -3.85. The van der Waals surface area contributed by atoms with Crippen LogP contribution in [0.15, 0.2) is 54.6 Å². The molecule has 3 rings (SSSR count). The molecule has 1 unspecified atom stereocenters. The van der Waals surface area contributed by atoms with Crippen molar-refractivity contribution in [3.05, 3.63) is 82.1 Å². The number of aromatic nitrogens is 2. The summed E-state index contributed by atoms with van der Waals surface area (Å²) in [5.41, 5.74) is 0.795. The quantitative estimate of drug-likeness (QED) is 0.448. The maximum atomic E-state index is 13.2. The predicted octanol–water partition coefficient (Wildman–Crippen LogP) is 4.37. The van der Waals surface area contributed by atoms with E-state index in [0.29, 0.717) is 28.4 Å². The van der Waals surface area contributed by atoms with Gasteiger partial charge in [-0.2, -0.15) is 18.3 Å². The number of nitrogens with zero attached hydrogens (tertiary/aromatic N) is 2. The maximum absolute atomic E-state index is 13.2. The predicted molar refractivity (Wildman–Crippen MR) is 119 cm³/mol. The molecule has 0 spiro atoms. The van der Waals surface area contributed by atoms with E-state index in [-0.39, 0.29) is 24.7 Å². The molecule has 1 atom stereocenters. The Morgan fingerprint density at radius 1 is 1.18 bits per heavy atom. The van der Waals surface area contributed by atoms with E-state index in [1.165, 1.54) is 10.7 Å². The Labute approximate surface area is 193 Å². The van der Waals surface area contributed by atoms with Crippen molar-refractivity contribution in [2.24, 2.45) is 0 Å². The van der Waals surface area contributed by atoms with Gasteiger partial charge in [-0.05, 0) is 48.9 Å². The number of hydrogen-bond acceptors (Lipinski definition) is 4. The molecule has 6 nitrogen and oxygen atoms in total. The number of rotatable bonds is 9. The number of carbonyl (C=O) groups is 2. The molecule has 0 bridgehead atoms. The lowest BCUT2D eigenvalue weighted by atomic mass is 9.99. The molecule has 1 amide bonds. The molecule has 10 heteroatoms. The number of alkyl halides is 3. The highest BCUT2D eigenvalue weighted by Crippen LogP contribution is 2.30. The first-order chi connectivity index (χ1) is 15.7. The first-order valence-corrected chi connectivity index (χ1v) is 10.6. The summed E-state index contributed by atoms with van der Waals surface area (Å²) in [4.78, 5) is 23.5. The molecule has 0 radical (unpaired) electrons. The summed E-state index contributed by atoms with van der Waals surface area (Å²) in [7, 11) is 0. The minimum absolute atomic E-state index is 0.0386. The van der Waals surface area contributed by atoms with Crippen molar-refractivity contribution in [1.82, 2.24) is 20.4 Å². The van der Waals surface area contributed by atoms with E-state index in [1.807, 2.05) is 6.92 Å². The molecule has 3 aromatic rings. The Morgan fingerprint density at radius 3 is 2.52 bits per heavy atom. The highest BCUT2D eigenvalue weighted by Gasteiger charge is 2.35. The molecule has 1 aromatic heterocycles. The maximum Gasteiger partial charge on any atom is 0.435 e. The van der Waals surface area contributed by atoms with Crippen LogP contribution in [0, 0.1) is 0 Å². The third-order valence-electron chi connectivity index (χ3n) is 4.90. The van der Waals surface area contributed by atoms with E-state index in [0.717, 1.165) is 12.4 Å². The normalized spacial score (nSPS) is 12.4. The van der Waals surface area contributed by atoms with Crippen molar-refractivity contribution in [2.45, 2.75) is 25.6 Å². The Hall–Kier alpha value is -3.17. The van der Waals surface area contributed by atoms with Crippen molar-refractivity contribution in [3.8, 4) is 5.69 Å². The second kappa shape index (κ2) is 10.6. The van der Waals surface area contributed by atoms with Crippen LogP contribution < -0.4 is 10.6 Å². The van der Waals surface area contributed by atoms with Crippen LogP contribution in [-0.2, 0) is 17.5 Å². The van der Waals surface area contributed by atoms with Gasteiger partial charge in [-0.1, -0.05) is 29.8 Å². The number of carbonyl (C=O) groups excluding carboxylic acids is 2. The van der Waals surface area contributed by atoms with Gasteiger partial charge in [0.15, 0.2) is 5.69 Å². The van der Waals surface area contributed by atoms with E-state index in [2.05, 4.69) is 15.7 Å². The average molecular weight is 479 g/mol. The van der Waals surface area contributed by atoms with Crippen LogP contribution in [0.5, 0.6) is 0 Å². The fourth-order valence-electron chi connectivity index (χ4n) is 3.26. The summed E-state index contributed by atoms with van der Waals surface area (Å²) >= 11 is 5.98. The summed E-state index contributed by atoms with van der Waals surface area (Å²) < 4.78 is 40.9. The molecule has 2 aromatic carbocycles. The summed E-state index contributed by atoms with van der Waals surface area (Å²) in [5.74, 6) is -0.752. The van der Waals surface area contributed by atoms with E-state index in [1.54, 1.807) is 42.5 Å². The Balaban J connectivity index is 1.74. The lowest BCUT2D eigenvalue weighted by Crippen LogP contribution is -2.24. The van der Waals surface area contributed by atoms with Crippen molar-refractivity contribution >= 4 is 23.8 Å². The van der Waals surface area contributed by atoms with Crippen LogP contribution in [0.1, 0.15) is 40.2 Å². The van der Waals surface area contributed by atoms with E-state index in [9.17, 15) is 22.8 Å². The molecule has 33 heavy (non-hydrogen) atoms. The van der Waals surface area contributed by atoms with Crippen LogP contribution in [0.2, 0.25) is 5.02 Å². The number of nitrogens with one attached hydrogen (secondary N) is 2. The minimum atomic E-state index is -4.60. The van der Waals surface area contributed by atoms with E-state index in [4.69, 9.17) is 11.6 Å². The van der Waals surface area contributed by atoms with Gasteiger partial charge in [-0.15, -0.1) is 0 Å². The number of halogens is 4. The van der Waals surface area contributed by atoms with Gasteiger partial charge >= 0.3 is 6.18 Å². The van der Waals surface area contributed by atoms with Crippen LogP contribution in [0.25, 0.3) is 5.69 Å². The van der Waals surface area contributed by atoms with Gasteiger partial charge in [0, 0.05) is 30.2 Å². The van der Waals surface area contributed by atoms with Crippen LogP contribution in [-0.4, -0.2) is 35.1 Å². The lowest BCUT2D eigenvalue weighted by Gasteiger charge is -2.14. The SMILES string of the molecule is CCNC(=O)c1ccc(C(C=O)CNCc2cc(C(F)(F)F)nn2-c2cccc(Cl)c2)cc1. The zero-order chi connectivity index (χ0) is 24.0. The summed E-state index contributed by atoms with van der Waals surface area (Å²) in [5, 5.41) is 9.78. The fraction of sp³-hybridized carbons (Fsp3) is 0.261. The van der Waals surface area contributed by atoms with E-state index < -0.39 is 17.8 Å². The monoisotopic (exact) mass is 478 g/mol. The molecule has 0 saturated heterocycles. The highest BCUT2D eigenvalue weighted by molar-refractivity contribution is 6.30. The number of amides is 1. The Kier molecular flexibility index (Phi) is 7.88. The third-order valence-corrected chi connectivity index (χ3v) is 5.13. The van der Waals surface area contributed by atoms with E-state index >= 15 is 0 Å². The zero-order valence-corrected chi connectivity index (χ0v) is 18.5. The highest BCUT2D eigenvalue weighted by atomic mass is 35.5. The molecule has 0 fully saturated rings. The molecule has 0 aliphatic heterocycles. The van der Waals surface area contributed by atoms with Gasteiger partial charge in [-0.3, -0.25) is 4.79 Å². The molecule has 174 valence electrons. The first-order valence-electron chi connectivity index (χ1n) is 10.2. The number of benzene rings is 2. The molecule has 0 saturated carbocycles. The van der Waals surface area contributed by atoms with Crippen molar-refractivity contribution < 1.29 is 22.8 Å². The van der Waals surface area contributed by atoms with Gasteiger partial charge < -0.3 is 15.4 Å². The van der Waals surface area contributed by atoms with Crippen molar-refractivity contribution in [1.29, 1.82) is 0 Å². The average Bonchev–Trinajstić information content (AvgIpc) is 3.22. The van der Waals surface area contributed by atoms with Gasteiger partial charge in [-0.25, -0.2) is 4.68 Å². The Morgan fingerprint density at radius 2 is 1.91 bits per heavy atom. The third kappa shape index (κ3) is 6.21. The summed E-state index contributed by atoms with van der Waals surface area (Å²) in [6, 6.07) is 13.9. The van der Waals surface area contributed by atoms with Crippen LogP contribution >= 0.6 is 11.6 Å². The van der Waals surface area contributed by atoms with Crippen molar-refractivity contribution in [3.63, 3.8) is 0 Å². The molecular weight excluding hydrogens is 457 g/mol. The van der Waals surface area contributed by atoms with Gasteiger partial charge in [0.1, 0.15) is 6.29 Å². The van der Waals surface area contributed by atoms with Gasteiger partial charge in [0.25, 0.3) is 5.91 Å². The van der Waals surface area contributed by atoms with Crippen LogP contribution in [0.4, 0.5) is 13.2 Å². The number of hydrogen-bond donors (Lipinski definition) is 2. The molecule has 1 heterocycles. The second-order valence-corrected chi connectivity index (χ2v) is 7.70. The van der Waals surface area contributed by atoms with Gasteiger partial charge in [0.05, 0.1) is 17.3 Å². The second-order valence-electron chi connectivity index (χ2n) is 7.27.